The Morgan fingerprint density at radius 2 is 1.77 bits per heavy atom. The van der Waals surface area contributed by atoms with Gasteiger partial charge in [0.1, 0.15) is 0 Å². The van der Waals surface area contributed by atoms with Crippen LogP contribution in [-0.4, -0.2) is 14.2 Å². The number of rotatable bonds is 3. The van der Waals surface area contributed by atoms with E-state index in [0.717, 1.165) is 25.7 Å². The lowest BCUT2D eigenvalue weighted by molar-refractivity contribution is -0.105. The van der Waals surface area contributed by atoms with Gasteiger partial charge in [0.2, 0.25) is 0 Å². The second-order valence-electron chi connectivity index (χ2n) is 6.58. The molecular formula is C19H18N2O4S. The number of hydrogen-bond donors (Lipinski definition) is 1. The van der Waals surface area contributed by atoms with Crippen LogP contribution in [0.15, 0.2) is 47.4 Å². The molecule has 0 saturated heterocycles. The summed E-state index contributed by atoms with van der Waals surface area (Å²) in [6.45, 7) is 0. The molecule has 1 aliphatic heterocycles. The SMILES string of the molecule is N#Cc1cccc(S(=O)(=O)Nc2ccc3c(c2)OC2(CCCCC2)O3)c1. The molecule has 26 heavy (non-hydrogen) atoms. The molecule has 1 spiro atoms. The van der Waals surface area contributed by atoms with Crippen LogP contribution >= 0.6 is 0 Å². The molecule has 134 valence electrons. The van der Waals surface area contributed by atoms with Crippen molar-refractivity contribution < 1.29 is 17.9 Å². The van der Waals surface area contributed by atoms with Crippen molar-refractivity contribution in [1.29, 1.82) is 5.26 Å². The van der Waals surface area contributed by atoms with Crippen LogP contribution in [0.3, 0.4) is 0 Å². The van der Waals surface area contributed by atoms with Crippen molar-refractivity contribution in [1.82, 2.24) is 0 Å². The minimum absolute atomic E-state index is 0.0398. The fourth-order valence-corrected chi connectivity index (χ4v) is 4.49. The summed E-state index contributed by atoms with van der Waals surface area (Å²) in [5, 5.41) is 8.95. The normalized spacial score (nSPS) is 17.7. The Morgan fingerprint density at radius 1 is 1.00 bits per heavy atom. The molecule has 1 heterocycles. The second kappa shape index (κ2) is 6.22. The van der Waals surface area contributed by atoms with Gasteiger partial charge in [0.25, 0.3) is 15.8 Å². The van der Waals surface area contributed by atoms with Gasteiger partial charge in [-0.3, -0.25) is 4.72 Å². The average molecular weight is 370 g/mol. The van der Waals surface area contributed by atoms with Crippen LogP contribution in [0, 0.1) is 11.3 Å². The van der Waals surface area contributed by atoms with Crippen molar-refractivity contribution in [2.75, 3.05) is 4.72 Å². The molecule has 0 radical (unpaired) electrons. The third kappa shape index (κ3) is 3.08. The number of nitriles is 1. The monoisotopic (exact) mass is 370 g/mol. The molecule has 0 bridgehead atoms. The Bertz CT molecular complexity index is 989. The van der Waals surface area contributed by atoms with Gasteiger partial charge in [0.05, 0.1) is 22.2 Å². The van der Waals surface area contributed by atoms with Crippen molar-refractivity contribution in [3.63, 3.8) is 0 Å². The number of fused-ring (bicyclic) bond motifs is 1. The molecule has 2 aliphatic rings. The first-order valence-corrected chi connectivity index (χ1v) is 10.0. The third-order valence-electron chi connectivity index (χ3n) is 4.68. The predicted octanol–water partition coefficient (Wildman–Crippen LogP) is 3.79. The third-order valence-corrected chi connectivity index (χ3v) is 6.06. The average Bonchev–Trinajstić information content (AvgIpc) is 2.98. The Labute approximate surface area is 152 Å². The molecule has 2 aromatic rings. The first kappa shape index (κ1) is 16.7. The molecule has 7 heteroatoms. The van der Waals surface area contributed by atoms with E-state index < -0.39 is 15.8 Å². The van der Waals surface area contributed by atoms with Gasteiger partial charge in [-0.15, -0.1) is 0 Å². The number of nitrogens with one attached hydrogen (secondary N) is 1. The summed E-state index contributed by atoms with van der Waals surface area (Å²) in [5.74, 6) is 0.596. The highest BCUT2D eigenvalue weighted by Crippen LogP contribution is 2.46. The van der Waals surface area contributed by atoms with Gasteiger partial charge in [-0.25, -0.2) is 8.42 Å². The lowest BCUT2D eigenvalue weighted by Gasteiger charge is -2.31. The fourth-order valence-electron chi connectivity index (χ4n) is 3.40. The minimum Gasteiger partial charge on any atom is -0.448 e. The van der Waals surface area contributed by atoms with Gasteiger partial charge >= 0.3 is 0 Å². The summed E-state index contributed by atoms with van der Waals surface area (Å²) in [6, 6.07) is 12.8. The summed E-state index contributed by atoms with van der Waals surface area (Å²) >= 11 is 0. The quantitative estimate of drug-likeness (QED) is 0.888. The van der Waals surface area contributed by atoms with Crippen LogP contribution in [0.1, 0.15) is 37.7 Å². The molecule has 0 atom stereocenters. The molecule has 0 amide bonds. The van der Waals surface area contributed by atoms with E-state index in [1.807, 2.05) is 6.07 Å². The largest absolute Gasteiger partial charge is 0.448 e. The molecule has 2 aromatic carbocycles. The summed E-state index contributed by atoms with van der Waals surface area (Å²) in [4.78, 5) is 0.0398. The number of nitrogens with zero attached hydrogens (tertiary/aromatic N) is 1. The number of benzene rings is 2. The van der Waals surface area contributed by atoms with E-state index >= 15 is 0 Å². The van der Waals surface area contributed by atoms with Crippen LogP contribution in [0.25, 0.3) is 0 Å². The van der Waals surface area contributed by atoms with Crippen LogP contribution in [-0.2, 0) is 10.0 Å². The van der Waals surface area contributed by atoms with Crippen LogP contribution in [0.2, 0.25) is 0 Å². The Hall–Kier alpha value is -2.72. The van der Waals surface area contributed by atoms with Crippen molar-refractivity contribution in [2.24, 2.45) is 0 Å². The maximum atomic E-state index is 12.6. The van der Waals surface area contributed by atoms with Gasteiger partial charge in [-0.2, -0.15) is 5.26 Å². The highest BCUT2D eigenvalue weighted by atomic mass is 32.2. The smallest absolute Gasteiger partial charge is 0.261 e. The van der Waals surface area contributed by atoms with Crippen molar-refractivity contribution in [3.05, 3.63) is 48.0 Å². The first-order valence-electron chi connectivity index (χ1n) is 8.55. The number of sulfonamides is 1. The number of anilines is 1. The van der Waals surface area contributed by atoms with E-state index in [2.05, 4.69) is 4.72 Å². The molecule has 1 saturated carbocycles. The van der Waals surface area contributed by atoms with E-state index in [1.165, 1.54) is 18.6 Å². The zero-order chi connectivity index (χ0) is 18.2. The molecule has 1 fully saturated rings. The van der Waals surface area contributed by atoms with Crippen LogP contribution < -0.4 is 14.2 Å². The first-order chi connectivity index (χ1) is 12.5. The summed E-state index contributed by atoms with van der Waals surface area (Å²) in [5.41, 5.74) is 0.681. The van der Waals surface area contributed by atoms with Crippen LogP contribution in [0.5, 0.6) is 11.5 Å². The van der Waals surface area contributed by atoms with Gasteiger partial charge in [-0.1, -0.05) is 12.5 Å². The molecule has 6 nitrogen and oxygen atoms in total. The molecule has 1 N–H and O–H groups in total. The zero-order valence-electron chi connectivity index (χ0n) is 14.1. The minimum atomic E-state index is -3.79. The van der Waals surface area contributed by atoms with Gasteiger partial charge < -0.3 is 9.47 Å². The van der Waals surface area contributed by atoms with E-state index in [9.17, 15) is 8.42 Å². The number of hydrogen-bond acceptors (Lipinski definition) is 5. The standard InChI is InChI=1S/C19H18N2O4S/c20-13-14-5-4-6-16(11-14)26(22,23)21-15-7-8-17-18(12-15)25-19(24-17)9-2-1-3-10-19/h4-8,11-12,21H,1-3,9-10H2. The molecule has 0 aromatic heterocycles. The summed E-state index contributed by atoms with van der Waals surface area (Å²) in [7, 11) is -3.79. The summed E-state index contributed by atoms with van der Waals surface area (Å²) in [6.07, 6.45) is 4.97. The van der Waals surface area contributed by atoms with E-state index in [0.29, 0.717) is 17.2 Å². The fraction of sp³-hybridized carbons (Fsp3) is 0.316. The lowest BCUT2D eigenvalue weighted by atomic mass is 9.94. The van der Waals surface area contributed by atoms with Crippen molar-refractivity contribution in [3.8, 4) is 17.6 Å². The lowest BCUT2D eigenvalue weighted by Crippen LogP contribution is -2.40. The second-order valence-corrected chi connectivity index (χ2v) is 8.26. The predicted molar refractivity (Wildman–Crippen MR) is 95.5 cm³/mol. The van der Waals surface area contributed by atoms with E-state index in [4.69, 9.17) is 14.7 Å². The Kier molecular flexibility index (Phi) is 4.00. The van der Waals surface area contributed by atoms with Crippen molar-refractivity contribution in [2.45, 2.75) is 42.8 Å². The van der Waals surface area contributed by atoms with Crippen molar-refractivity contribution >= 4 is 15.7 Å². The van der Waals surface area contributed by atoms with E-state index in [-0.39, 0.29) is 10.5 Å². The molecule has 4 rings (SSSR count). The topological polar surface area (TPSA) is 88.4 Å². The maximum absolute atomic E-state index is 12.6. The zero-order valence-corrected chi connectivity index (χ0v) is 14.9. The van der Waals surface area contributed by atoms with Gasteiger partial charge in [0.15, 0.2) is 11.5 Å². The Morgan fingerprint density at radius 3 is 2.54 bits per heavy atom. The highest BCUT2D eigenvalue weighted by molar-refractivity contribution is 7.92. The highest BCUT2D eigenvalue weighted by Gasteiger charge is 2.42. The van der Waals surface area contributed by atoms with Gasteiger partial charge in [0, 0.05) is 18.9 Å². The Balaban J connectivity index is 1.57. The van der Waals surface area contributed by atoms with Gasteiger partial charge in [-0.05, 0) is 43.2 Å². The molecule has 0 unspecified atom stereocenters. The van der Waals surface area contributed by atoms with Crippen LogP contribution in [0.4, 0.5) is 5.69 Å². The summed E-state index contributed by atoms with van der Waals surface area (Å²) < 4.78 is 39.7. The molecular weight excluding hydrogens is 352 g/mol. The maximum Gasteiger partial charge on any atom is 0.261 e. The molecule has 1 aliphatic carbocycles. The van der Waals surface area contributed by atoms with E-state index in [1.54, 1.807) is 30.3 Å². The number of ether oxygens (including phenoxy) is 2.